The molecule has 0 unspecified atom stereocenters. The summed E-state index contributed by atoms with van der Waals surface area (Å²) in [5, 5.41) is 2.68. The van der Waals surface area contributed by atoms with Crippen molar-refractivity contribution in [2.75, 3.05) is 18.0 Å². The SMILES string of the molecule is O=c1cc(N2CCCCC2)oc2c(-c3ccc(Cl)cc3)csc12. The number of benzene rings is 1. The van der Waals surface area contributed by atoms with Gasteiger partial charge in [-0.1, -0.05) is 23.7 Å². The van der Waals surface area contributed by atoms with E-state index in [1.165, 1.54) is 17.8 Å². The standard InChI is InChI=1S/C18H16ClNO2S/c19-13-6-4-12(5-7-13)14-11-23-18-15(21)10-16(22-17(14)18)20-8-2-1-3-9-20/h4-7,10-11H,1-3,8-9H2. The van der Waals surface area contributed by atoms with Crippen molar-refractivity contribution >= 4 is 39.1 Å². The zero-order valence-electron chi connectivity index (χ0n) is 12.5. The normalized spacial score (nSPS) is 15.3. The van der Waals surface area contributed by atoms with Crippen LogP contribution in [-0.2, 0) is 0 Å². The van der Waals surface area contributed by atoms with E-state index >= 15 is 0 Å². The molecule has 3 aromatic rings. The van der Waals surface area contributed by atoms with E-state index in [9.17, 15) is 4.79 Å². The second-order valence-corrected chi connectivity index (χ2v) is 7.13. The van der Waals surface area contributed by atoms with Crippen molar-refractivity contribution < 1.29 is 4.42 Å². The van der Waals surface area contributed by atoms with E-state index in [1.54, 1.807) is 6.07 Å². The lowest BCUT2D eigenvalue weighted by atomic mass is 10.1. The number of nitrogens with zero attached hydrogens (tertiary/aromatic N) is 1. The number of hydrogen-bond donors (Lipinski definition) is 0. The van der Waals surface area contributed by atoms with Crippen molar-refractivity contribution in [1.29, 1.82) is 0 Å². The van der Waals surface area contributed by atoms with Crippen LogP contribution < -0.4 is 10.3 Å². The Morgan fingerprint density at radius 3 is 2.57 bits per heavy atom. The third-order valence-electron chi connectivity index (χ3n) is 4.25. The summed E-state index contributed by atoms with van der Waals surface area (Å²) in [7, 11) is 0. The van der Waals surface area contributed by atoms with Crippen molar-refractivity contribution in [1.82, 2.24) is 0 Å². The molecule has 0 atom stereocenters. The summed E-state index contributed by atoms with van der Waals surface area (Å²) in [5.41, 5.74) is 2.69. The maximum atomic E-state index is 12.4. The van der Waals surface area contributed by atoms with Crippen molar-refractivity contribution in [3.8, 4) is 11.1 Å². The summed E-state index contributed by atoms with van der Waals surface area (Å²) < 4.78 is 6.82. The Morgan fingerprint density at radius 1 is 1.09 bits per heavy atom. The Kier molecular flexibility index (Phi) is 3.87. The van der Waals surface area contributed by atoms with Crippen molar-refractivity contribution in [2.24, 2.45) is 0 Å². The first-order chi connectivity index (χ1) is 11.2. The number of piperidine rings is 1. The average molecular weight is 346 g/mol. The van der Waals surface area contributed by atoms with Crippen LogP contribution in [0.1, 0.15) is 19.3 Å². The molecule has 1 fully saturated rings. The molecule has 118 valence electrons. The van der Waals surface area contributed by atoms with E-state index in [0.717, 1.165) is 37.1 Å². The molecule has 4 rings (SSSR count). The molecule has 23 heavy (non-hydrogen) atoms. The van der Waals surface area contributed by atoms with Gasteiger partial charge in [-0.3, -0.25) is 4.79 Å². The van der Waals surface area contributed by atoms with Gasteiger partial charge >= 0.3 is 0 Å². The molecule has 3 heterocycles. The summed E-state index contributed by atoms with van der Waals surface area (Å²) >= 11 is 7.40. The predicted octanol–water partition coefficient (Wildman–Crippen LogP) is 5.17. The van der Waals surface area contributed by atoms with Crippen LogP contribution in [0.5, 0.6) is 0 Å². The molecular weight excluding hydrogens is 330 g/mol. The Labute approximate surface area is 143 Å². The lowest BCUT2D eigenvalue weighted by molar-refractivity contribution is 0.513. The summed E-state index contributed by atoms with van der Waals surface area (Å²) in [6.07, 6.45) is 3.54. The van der Waals surface area contributed by atoms with E-state index in [1.807, 2.05) is 29.6 Å². The molecule has 0 radical (unpaired) electrons. The smallest absolute Gasteiger partial charge is 0.204 e. The largest absolute Gasteiger partial charge is 0.439 e. The van der Waals surface area contributed by atoms with Gasteiger partial charge in [-0.15, -0.1) is 11.3 Å². The summed E-state index contributed by atoms with van der Waals surface area (Å²) in [4.78, 5) is 14.6. The maximum absolute atomic E-state index is 12.4. The average Bonchev–Trinajstić information content (AvgIpc) is 3.01. The lowest BCUT2D eigenvalue weighted by Gasteiger charge is -2.26. The quantitative estimate of drug-likeness (QED) is 0.642. The molecule has 0 saturated carbocycles. The maximum Gasteiger partial charge on any atom is 0.204 e. The Hall–Kier alpha value is -1.78. The van der Waals surface area contributed by atoms with Gasteiger partial charge < -0.3 is 9.32 Å². The van der Waals surface area contributed by atoms with Crippen LogP contribution in [0, 0.1) is 0 Å². The van der Waals surface area contributed by atoms with Gasteiger partial charge in [0.05, 0.1) is 0 Å². The summed E-state index contributed by atoms with van der Waals surface area (Å²) in [6.45, 7) is 1.91. The van der Waals surface area contributed by atoms with Crippen LogP contribution in [0.15, 0.2) is 44.9 Å². The first-order valence-corrected chi connectivity index (χ1v) is 9.04. The van der Waals surface area contributed by atoms with Crippen LogP contribution in [-0.4, -0.2) is 13.1 Å². The molecule has 5 heteroatoms. The third-order valence-corrected chi connectivity index (χ3v) is 5.48. The Morgan fingerprint density at radius 2 is 1.83 bits per heavy atom. The van der Waals surface area contributed by atoms with Gasteiger partial charge in [0.1, 0.15) is 4.70 Å². The molecule has 2 aromatic heterocycles. The molecular formula is C18H16ClNO2S. The van der Waals surface area contributed by atoms with Gasteiger partial charge in [0.2, 0.25) is 5.43 Å². The number of fused-ring (bicyclic) bond motifs is 1. The minimum Gasteiger partial charge on any atom is -0.439 e. The van der Waals surface area contributed by atoms with Gasteiger partial charge in [0.25, 0.3) is 0 Å². The van der Waals surface area contributed by atoms with E-state index in [-0.39, 0.29) is 5.43 Å². The highest BCUT2D eigenvalue weighted by molar-refractivity contribution is 7.17. The molecule has 3 nitrogen and oxygen atoms in total. The molecule has 1 aromatic carbocycles. The minimum absolute atomic E-state index is 0.0389. The Bertz CT molecular complexity index is 892. The van der Waals surface area contributed by atoms with Crippen LogP contribution in [0.25, 0.3) is 21.4 Å². The minimum atomic E-state index is 0.0389. The van der Waals surface area contributed by atoms with E-state index in [4.69, 9.17) is 16.0 Å². The van der Waals surface area contributed by atoms with Crippen molar-refractivity contribution in [3.05, 3.63) is 51.0 Å². The van der Waals surface area contributed by atoms with Gasteiger partial charge in [-0.25, -0.2) is 0 Å². The van der Waals surface area contributed by atoms with Crippen LogP contribution in [0.2, 0.25) is 5.02 Å². The first kappa shape index (κ1) is 14.8. The molecule has 1 aliphatic rings. The highest BCUT2D eigenvalue weighted by atomic mass is 35.5. The van der Waals surface area contributed by atoms with E-state index < -0.39 is 0 Å². The summed E-state index contributed by atoms with van der Waals surface area (Å²) in [5.74, 6) is 0.691. The zero-order chi connectivity index (χ0) is 15.8. The molecule has 0 aliphatic carbocycles. The third kappa shape index (κ3) is 2.77. The molecule has 1 saturated heterocycles. The van der Waals surface area contributed by atoms with Crippen molar-refractivity contribution in [2.45, 2.75) is 19.3 Å². The highest BCUT2D eigenvalue weighted by Gasteiger charge is 2.18. The molecule has 0 spiro atoms. The van der Waals surface area contributed by atoms with Crippen LogP contribution in [0.3, 0.4) is 0 Å². The molecule has 1 aliphatic heterocycles. The monoisotopic (exact) mass is 345 g/mol. The molecule has 0 N–H and O–H groups in total. The summed E-state index contributed by atoms with van der Waals surface area (Å²) in [6, 6.07) is 9.25. The van der Waals surface area contributed by atoms with Crippen LogP contribution in [0.4, 0.5) is 5.88 Å². The lowest BCUT2D eigenvalue weighted by Crippen LogP contribution is -2.29. The number of hydrogen-bond acceptors (Lipinski definition) is 4. The molecule has 0 amide bonds. The number of halogens is 1. The number of rotatable bonds is 2. The first-order valence-electron chi connectivity index (χ1n) is 7.78. The zero-order valence-corrected chi connectivity index (χ0v) is 14.1. The van der Waals surface area contributed by atoms with Gasteiger partial charge in [-0.05, 0) is 37.0 Å². The van der Waals surface area contributed by atoms with Gasteiger partial charge in [0, 0.05) is 35.1 Å². The topological polar surface area (TPSA) is 33.5 Å². The second kappa shape index (κ2) is 6.02. The second-order valence-electron chi connectivity index (χ2n) is 5.81. The van der Waals surface area contributed by atoms with Gasteiger partial charge in [0.15, 0.2) is 11.5 Å². The van der Waals surface area contributed by atoms with Crippen molar-refractivity contribution in [3.63, 3.8) is 0 Å². The number of thiophene rings is 1. The Balaban J connectivity index is 1.84. The van der Waals surface area contributed by atoms with E-state index in [0.29, 0.717) is 21.2 Å². The van der Waals surface area contributed by atoms with Crippen LogP contribution >= 0.6 is 22.9 Å². The fourth-order valence-corrected chi connectivity index (χ4v) is 4.07. The number of anilines is 1. The highest BCUT2D eigenvalue weighted by Crippen LogP contribution is 2.35. The fourth-order valence-electron chi connectivity index (χ4n) is 3.03. The molecule has 0 bridgehead atoms. The van der Waals surface area contributed by atoms with E-state index in [2.05, 4.69) is 4.90 Å². The van der Waals surface area contributed by atoms with Gasteiger partial charge in [-0.2, -0.15) is 0 Å². The fraction of sp³-hybridized carbons (Fsp3) is 0.278. The predicted molar refractivity (Wildman–Crippen MR) is 96.9 cm³/mol.